The number of hydrogen-bond donors (Lipinski definition) is 1. The van der Waals surface area contributed by atoms with Crippen molar-refractivity contribution in [3.8, 4) is 0 Å². The molecule has 0 aromatic heterocycles. The summed E-state index contributed by atoms with van der Waals surface area (Å²) in [5, 5.41) is 0. The number of rotatable bonds is 3. The van der Waals surface area contributed by atoms with Crippen LogP contribution in [-0.2, 0) is 4.79 Å². The predicted molar refractivity (Wildman–Crippen MR) is 56.5 cm³/mol. The standard InChI is InChI=1S/C10H11NOS/c1-13-9-5-3-2-4-8(9)6-7-10(11)12/h2-7H,1H3,(H2,11,12)/b7-6+. The molecule has 0 saturated carbocycles. The molecular weight excluding hydrogens is 182 g/mol. The van der Waals surface area contributed by atoms with E-state index in [1.165, 1.54) is 6.08 Å². The van der Waals surface area contributed by atoms with Crippen LogP contribution in [0.3, 0.4) is 0 Å². The Kier molecular flexibility index (Phi) is 3.58. The van der Waals surface area contributed by atoms with Crippen molar-refractivity contribution in [3.05, 3.63) is 35.9 Å². The Morgan fingerprint density at radius 1 is 1.46 bits per heavy atom. The number of primary amides is 1. The Balaban J connectivity index is 2.93. The molecule has 2 nitrogen and oxygen atoms in total. The first-order valence-corrected chi connectivity index (χ1v) is 5.07. The number of benzene rings is 1. The van der Waals surface area contributed by atoms with E-state index in [-0.39, 0.29) is 0 Å². The highest BCUT2D eigenvalue weighted by Gasteiger charge is 1.95. The Hall–Kier alpha value is -1.22. The molecule has 1 rings (SSSR count). The van der Waals surface area contributed by atoms with E-state index < -0.39 is 5.91 Å². The van der Waals surface area contributed by atoms with Crippen molar-refractivity contribution in [2.24, 2.45) is 5.73 Å². The summed E-state index contributed by atoms with van der Waals surface area (Å²) in [6, 6.07) is 7.85. The monoisotopic (exact) mass is 193 g/mol. The van der Waals surface area contributed by atoms with Crippen LogP contribution in [0.2, 0.25) is 0 Å². The smallest absolute Gasteiger partial charge is 0.241 e. The molecule has 3 heteroatoms. The molecule has 0 heterocycles. The molecule has 0 radical (unpaired) electrons. The number of hydrogen-bond acceptors (Lipinski definition) is 2. The van der Waals surface area contributed by atoms with Crippen molar-refractivity contribution in [2.45, 2.75) is 4.90 Å². The van der Waals surface area contributed by atoms with Crippen LogP contribution < -0.4 is 5.73 Å². The van der Waals surface area contributed by atoms with Gasteiger partial charge in [0.15, 0.2) is 0 Å². The van der Waals surface area contributed by atoms with Crippen molar-refractivity contribution in [1.82, 2.24) is 0 Å². The molecule has 1 aromatic rings. The minimum atomic E-state index is -0.420. The second-order valence-electron chi connectivity index (χ2n) is 2.48. The van der Waals surface area contributed by atoms with E-state index in [9.17, 15) is 4.79 Å². The quantitative estimate of drug-likeness (QED) is 0.588. The summed E-state index contributed by atoms with van der Waals surface area (Å²) in [5.41, 5.74) is 6.02. The zero-order valence-corrected chi connectivity index (χ0v) is 8.17. The molecule has 0 atom stereocenters. The molecule has 0 unspecified atom stereocenters. The van der Waals surface area contributed by atoms with Gasteiger partial charge < -0.3 is 5.73 Å². The average Bonchev–Trinajstić information content (AvgIpc) is 2.15. The SMILES string of the molecule is CSc1ccccc1/C=C/C(N)=O. The molecule has 0 fully saturated rings. The topological polar surface area (TPSA) is 43.1 Å². The zero-order valence-electron chi connectivity index (χ0n) is 7.36. The Labute approximate surface area is 81.8 Å². The molecule has 0 aliphatic rings. The van der Waals surface area contributed by atoms with Crippen LogP contribution in [0.25, 0.3) is 6.08 Å². The zero-order chi connectivity index (χ0) is 9.68. The third kappa shape index (κ3) is 2.95. The summed E-state index contributed by atoms with van der Waals surface area (Å²) in [7, 11) is 0. The van der Waals surface area contributed by atoms with Crippen LogP contribution >= 0.6 is 11.8 Å². The number of carbonyl (C=O) groups excluding carboxylic acids is 1. The van der Waals surface area contributed by atoms with Gasteiger partial charge in [-0.1, -0.05) is 18.2 Å². The first kappa shape index (κ1) is 9.86. The maximum atomic E-state index is 10.5. The maximum absolute atomic E-state index is 10.5. The van der Waals surface area contributed by atoms with Gasteiger partial charge in [0.05, 0.1) is 0 Å². The molecule has 1 amide bonds. The van der Waals surface area contributed by atoms with Crippen LogP contribution in [0.4, 0.5) is 0 Å². The molecule has 0 spiro atoms. The van der Waals surface area contributed by atoms with E-state index in [0.29, 0.717) is 0 Å². The second kappa shape index (κ2) is 4.72. The van der Waals surface area contributed by atoms with Crippen LogP contribution in [0, 0.1) is 0 Å². The Morgan fingerprint density at radius 2 is 2.15 bits per heavy atom. The van der Waals surface area contributed by atoms with Gasteiger partial charge >= 0.3 is 0 Å². The fourth-order valence-electron chi connectivity index (χ4n) is 0.976. The van der Waals surface area contributed by atoms with Crippen molar-refractivity contribution in [3.63, 3.8) is 0 Å². The van der Waals surface area contributed by atoms with Crippen LogP contribution in [0.15, 0.2) is 35.2 Å². The van der Waals surface area contributed by atoms with Crippen LogP contribution in [0.5, 0.6) is 0 Å². The van der Waals surface area contributed by atoms with Crippen LogP contribution in [-0.4, -0.2) is 12.2 Å². The Morgan fingerprint density at radius 3 is 2.77 bits per heavy atom. The minimum Gasteiger partial charge on any atom is -0.366 e. The summed E-state index contributed by atoms with van der Waals surface area (Å²) < 4.78 is 0. The molecule has 0 aliphatic heterocycles. The van der Waals surface area contributed by atoms with Crippen molar-refractivity contribution >= 4 is 23.7 Å². The molecule has 68 valence electrons. The highest BCUT2D eigenvalue weighted by molar-refractivity contribution is 7.98. The lowest BCUT2D eigenvalue weighted by Crippen LogP contribution is -2.05. The summed E-state index contributed by atoms with van der Waals surface area (Å²) in [6.07, 6.45) is 5.10. The summed E-state index contributed by atoms with van der Waals surface area (Å²) >= 11 is 1.64. The van der Waals surface area contributed by atoms with E-state index in [4.69, 9.17) is 5.73 Å². The van der Waals surface area contributed by atoms with Gasteiger partial charge in [0.25, 0.3) is 0 Å². The van der Waals surface area contributed by atoms with Crippen molar-refractivity contribution in [2.75, 3.05) is 6.26 Å². The summed E-state index contributed by atoms with van der Waals surface area (Å²) in [6.45, 7) is 0. The lowest BCUT2D eigenvalue weighted by atomic mass is 10.2. The highest BCUT2D eigenvalue weighted by atomic mass is 32.2. The molecular formula is C10H11NOS. The van der Waals surface area contributed by atoms with E-state index in [0.717, 1.165) is 10.5 Å². The molecule has 13 heavy (non-hydrogen) atoms. The van der Waals surface area contributed by atoms with Gasteiger partial charge in [0.2, 0.25) is 5.91 Å². The molecule has 0 aliphatic carbocycles. The highest BCUT2D eigenvalue weighted by Crippen LogP contribution is 2.20. The van der Waals surface area contributed by atoms with Gasteiger partial charge in [-0.25, -0.2) is 0 Å². The first-order valence-electron chi connectivity index (χ1n) is 3.84. The van der Waals surface area contributed by atoms with Gasteiger partial charge in [0, 0.05) is 11.0 Å². The molecule has 1 aromatic carbocycles. The third-order valence-electron chi connectivity index (χ3n) is 1.57. The number of thioether (sulfide) groups is 1. The largest absolute Gasteiger partial charge is 0.366 e. The lowest BCUT2D eigenvalue weighted by Gasteiger charge is -2.00. The van der Waals surface area contributed by atoms with E-state index in [1.54, 1.807) is 17.8 Å². The minimum absolute atomic E-state index is 0.420. The van der Waals surface area contributed by atoms with Gasteiger partial charge in [-0.15, -0.1) is 11.8 Å². The van der Waals surface area contributed by atoms with E-state index in [2.05, 4.69) is 0 Å². The molecule has 0 saturated heterocycles. The number of nitrogens with two attached hydrogens (primary N) is 1. The Bertz CT molecular complexity index is 333. The van der Waals surface area contributed by atoms with E-state index in [1.807, 2.05) is 30.5 Å². The molecule has 2 N–H and O–H groups in total. The van der Waals surface area contributed by atoms with Crippen molar-refractivity contribution < 1.29 is 4.79 Å². The maximum Gasteiger partial charge on any atom is 0.241 e. The fourth-order valence-corrected chi connectivity index (χ4v) is 1.56. The number of amides is 1. The molecule has 0 bridgehead atoms. The third-order valence-corrected chi connectivity index (χ3v) is 2.38. The fraction of sp³-hybridized carbons (Fsp3) is 0.100. The van der Waals surface area contributed by atoms with Gasteiger partial charge in [-0.05, 0) is 24.0 Å². The average molecular weight is 193 g/mol. The van der Waals surface area contributed by atoms with E-state index >= 15 is 0 Å². The van der Waals surface area contributed by atoms with Gasteiger partial charge in [0.1, 0.15) is 0 Å². The van der Waals surface area contributed by atoms with Gasteiger partial charge in [-0.2, -0.15) is 0 Å². The van der Waals surface area contributed by atoms with Crippen molar-refractivity contribution in [1.29, 1.82) is 0 Å². The predicted octanol–water partition coefficient (Wildman–Crippen LogP) is 1.91. The lowest BCUT2D eigenvalue weighted by molar-refractivity contribution is -0.113. The summed E-state index contributed by atoms with van der Waals surface area (Å²) in [5.74, 6) is -0.420. The second-order valence-corrected chi connectivity index (χ2v) is 3.33. The van der Waals surface area contributed by atoms with Crippen LogP contribution in [0.1, 0.15) is 5.56 Å². The number of carbonyl (C=O) groups is 1. The van der Waals surface area contributed by atoms with Gasteiger partial charge in [-0.3, -0.25) is 4.79 Å². The normalized spacial score (nSPS) is 10.5. The first-order chi connectivity index (χ1) is 6.24. The summed E-state index contributed by atoms with van der Waals surface area (Å²) in [4.78, 5) is 11.6.